The normalized spacial score (nSPS) is 14.3. The lowest BCUT2D eigenvalue weighted by atomic mass is 10.1. The number of carbonyl (C=O) groups excluding carboxylic acids is 1. The molecule has 2 N–H and O–H groups in total. The van der Waals surface area contributed by atoms with Gasteiger partial charge in [-0.3, -0.25) is 9.59 Å². The molecule has 0 heterocycles. The number of rotatable bonds is 7. The molecule has 15 heavy (non-hydrogen) atoms. The Hall–Kier alpha value is -1.06. The van der Waals surface area contributed by atoms with Crippen LogP contribution >= 0.6 is 0 Å². The van der Waals surface area contributed by atoms with Gasteiger partial charge in [0.15, 0.2) is 0 Å². The summed E-state index contributed by atoms with van der Waals surface area (Å²) in [6, 6.07) is 0.0610. The smallest absolute Gasteiger partial charge is 0.303 e. The fraction of sp³-hybridized carbons (Fsp3) is 0.818. The van der Waals surface area contributed by atoms with E-state index in [4.69, 9.17) is 5.11 Å². The lowest BCUT2D eigenvalue weighted by Gasteiger charge is -2.16. The number of hydrogen-bond donors (Lipinski definition) is 2. The Bertz CT molecular complexity index is 216. The van der Waals surface area contributed by atoms with Gasteiger partial charge in [0, 0.05) is 18.4 Å². The van der Waals surface area contributed by atoms with Crippen molar-refractivity contribution in [2.75, 3.05) is 0 Å². The largest absolute Gasteiger partial charge is 0.481 e. The van der Waals surface area contributed by atoms with E-state index < -0.39 is 5.97 Å². The van der Waals surface area contributed by atoms with Crippen molar-refractivity contribution < 1.29 is 14.7 Å². The van der Waals surface area contributed by atoms with Crippen molar-refractivity contribution >= 4 is 11.9 Å². The number of aliphatic carboxylic acids is 1. The second-order valence-electron chi connectivity index (χ2n) is 4.00. The molecule has 2 atom stereocenters. The summed E-state index contributed by atoms with van der Waals surface area (Å²) in [6.45, 7) is 5.76. The zero-order valence-corrected chi connectivity index (χ0v) is 9.75. The fourth-order valence-corrected chi connectivity index (χ4v) is 1.20. The van der Waals surface area contributed by atoms with Gasteiger partial charge >= 0.3 is 5.97 Å². The monoisotopic (exact) mass is 215 g/mol. The highest BCUT2D eigenvalue weighted by Gasteiger charge is 2.13. The van der Waals surface area contributed by atoms with Crippen molar-refractivity contribution in [2.45, 2.75) is 52.5 Å². The Kier molecular flexibility index (Phi) is 6.75. The molecule has 0 aliphatic carbocycles. The standard InChI is InChI=1S/C11H21NO3/c1-4-8(2)11(15)12-9(3)6-5-7-10(13)14/h8-9H,4-7H2,1-3H3,(H,12,15)(H,13,14). The summed E-state index contributed by atoms with van der Waals surface area (Å²) >= 11 is 0. The second kappa shape index (κ2) is 7.26. The van der Waals surface area contributed by atoms with Gasteiger partial charge in [0.2, 0.25) is 5.91 Å². The molecule has 1 amide bonds. The minimum atomic E-state index is -0.782. The Balaban J connectivity index is 3.68. The van der Waals surface area contributed by atoms with Crippen LogP contribution in [-0.4, -0.2) is 23.0 Å². The molecule has 88 valence electrons. The van der Waals surface area contributed by atoms with E-state index in [9.17, 15) is 9.59 Å². The van der Waals surface area contributed by atoms with Gasteiger partial charge in [-0.25, -0.2) is 0 Å². The fourth-order valence-electron chi connectivity index (χ4n) is 1.20. The van der Waals surface area contributed by atoms with E-state index in [0.717, 1.165) is 6.42 Å². The van der Waals surface area contributed by atoms with Crippen LogP contribution in [0.15, 0.2) is 0 Å². The Morgan fingerprint density at radius 1 is 1.33 bits per heavy atom. The van der Waals surface area contributed by atoms with E-state index in [-0.39, 0.29) is 24.3 Å². The first-order valence-corrected chi connectivity index (χ1v) is 5.49. The summed E-state index contributed by atoms with van der Waals surface area (Å²) in [6.07, 6.45) is 2.32. The maximum atomic E-state index is 11.5. The van der Waals surface area contributed by atoms with E-state index in [1.807, 2.05) is 20.8 Å². The first-order valence-electron chi connectivity index (χ1n) is 5.49. The molecule has 0 radical (unpaired) electrons. The third-order valence-corrected chi connectivity index (χ3v) is 2.48. The molecule has 0 fully saturated rings. The van der Waals surface area contributed by atoms with Gasteiger partial charge in [0.25, 0.3) is 0 Å². The van der Waals surface area contributed by atoms with E-state index in [1.54, 1.807) is 0 Å². The van der Waals surface area contributed by atoms with Crippen molar-refractivity contribution in [3.8, 4) is 0 Å². The highest BCUT2D eigenvalue weighted by atomic mass is 16.4. The van der Waals surface area contributed by atoms with Crippen LogP contribution in [0.25, 0.3) is 0 Å². The average molecular weight is 215 g/mol. The number of carboxylic acids is 1. The van der Waals surface area contributed by atoms with E-state index >= 15 is 0 Å². The van der Waals surface area contributed by atoms with Gasteiger partial charge in [-0.2, -0.15) is 0 Å². The van der Waals surface area contributed by atoms with Crippen LogP contribution in [0.5, 0.6) is 0 Å². The average Bonchev–Trinajstić information content (AvgIpc) is 2.15. The van der Waals surface area contributed by atoms with Crippen LogP contribution < -0.4 is 5.32 Å². The molecule has 2 unspecified atom stereocenters. The molecular weight excluding hydrogens is 194 g/mol. The number of amides is 1. The van der Waals surface area contributed by atoms with Gasteiger partial charge in [-0.15, -0.1) is 0 Å². The Morgan fingerprint density at radius 3 is 2.40 bits per heavy atom. The van der Waals surface area contributed by atoms with Gasteiger partial charge in [-0.05, 0) is 26.2 Å². The maximum Gasteiger partial charge on any atom is 0.303 e. The highest BCUT2D eigenvalue weighted by molar-refractivity contribution is 5.78. The minimum absolute atomic E-state index is 0.0342. The van der Waals surface area contributed by atoms with E-state index in [1.165, 1.54) is 0 Å². The topological polar surface area (TPSA) is 66.4 Å². The molecule has 4 heteroatoms. The number of nitrogens with one attached hydrogen (secondary N) is 1. The van der Waals surface area contributed by atoms with Crippen LogP contribution in [0.1, 0.15) is 46.5 Å². The first-order chi connectivity index (χ1) is 6.97. The predicted octanol–water partition coefficient (Wildman–Crippen LogP) is 1.79. The Labute approximate surface area is 91.1 Å². The highest BCUT2D eigenvalue weighted by Crippen LogP contribution is 2.04. The molecule has 0 aliphatic rings. The summed E-state index contributed by atoms with van der Waals surface area (Å²) in [5.41, 5.74) is 0. The van der Waals surface area contributed by atoms with Crippen LogP contribution in [0, 0.1) is 5.92 Å². The van der Waals surface area contributed by atoms with Gasteiger partial charge in [0.1, 0.15) is 0 Å². The minimum Gasteiger partial charge on any atom is -0.481 e. The van der Waals surface area contributed by atoms with E-state index in [2.05, 4.69) is 5.32 Å². The van der Waals surface area contributed by atoms with Crippen molar-refractivity contribution in [1.29, 1.82) is 0 Å². The Morgan fingerprint density at radius 2 is 1.93 bits per heavy atom. The summed E-state index contributed by atoms with van der Waals surface area (Å²) < 4.78 is 0. The van der Waals surface area contributed by atoms with Crippen molar-refractivity contribution in [3.63, 3.8) is 0 Å². The molecule has 0 bridgehead atoms. The second-order valence-corrected chi connectivity index (χ2v) is 4.00. The summed E-state index contributed by atoms with van der Waals surface area (Å²) in [4.78, 5) is 21.7. The summed E-state index contributed by atoms with van der Waals surface area (Å²) in [5.74, 6) is -0.692. The molecule has 0 rings (SSSR count). The van der Waals surface area contributed by atoms with Crippen molar-refractivity contribution in [3.05, 3.63) is 0 Å². The summed E-state index contributed by atoms with van der Waals surface area (Å²) in [7, 11) is 0. The van der Waals surface area contributed by atoms with Crippen molar-refractivity contribution in [2.24, 2.45) is 5.92 Å². The number of carbonyl (C=O) groups is 2. The lowest BCUT2D eigenvalue weighted by molar-refractivity contribution is -0.137. The zero-order valence-electron chi connectivity index (χ0n) is 9.75. The van der Waals surface area contributed by atoms with Crippen LogP contribution in [0.3, 0.4) is 0 Å². The molecule has 0 aromatic rings. The summed E-state index contributed by atoms with van der Waals surface area (Å²) in [5, 5.41) is 11.3. The number of hydrogen-bond acceptors (Lipinski definition) is 2. The first kappa shape index (κ1) is 13.9. The number of carboxylic acid groups (broad SMARTS) is 1. The molecule has 0 aromatic carbocycles. The van der Waals surface area contributed by atoms with Crippen LogP contribution in [0.2, 0.25) is 0 Å². The molecule has 0 saturated heterocycles. The molecule has 0 saturated carbocycles. The quantitative estimate of drug-likeness (QED) is 0.680. The van der Waals surface area contributed by atoms with Crippen LogP contribution in [0.4, 0.5) is 0 Å². The molecule has 0 spiro atoms. The lowest BCUT2D eigenvalue weighted by Crippen LogP contribution is -2.36. The van der Waals surface area contributed by atoms with Gasteiger partial charge in [-0.1, -0.05) is 13.8 Å². The van der Waals surface area contributed by atoms with Crippen LogP contribution in [-0.2, 0) is 9.59 Å². The maximum absolute atomic E-state index is 11.5. The van der Waals surface area contributed by atoms with Gasteiger partial charge < -0.3 is 10.4 Å². The zero-order chi connectivity index (χ0) is 11.8. The molecule has 4 nitrogen and oxygen atoms in total. The van der Waals surface area contributed by atoms with Gasteiger partial charge in [0.05, 0.1) is 0 Å². The molecular formula is C11H21NO3. The SMILES string of the molecule is CCC(C)C(=O)NC(C)CCCC(=O)O. The van der Waals surface area contributed by atoms with Crippen molar-refractivity contribution in [1.82, 2.24) is 5.32 Å². The third-order valence-electron chi connectivity index (χ3n) is 2.48. The molecule has 0 aliphatic heterocycles. The molecule has 0 aromatic heterocycles. The predicted molar refractivity (Wildman–Crippen MR) is 58.5 cm³/mol. The van der Waals surface area contributed by atoms with E-state index in [0.29, 0.717) is 12.8 Å². The third kappa shape index (κ3) is 6.94.